The molecular formula is C22H27N3O4. The standard InChI is InChI=1S/C22H27N3O4/c1-2-17-20-18(12-22(14-23-21(20)27)8-10-28-11-9-22)25(24-17)15-29-13-19(26)16-6-4-3-5-7-16/h3-7H,2,8-15H2,1H3,(H,23,27). The van der Waals surface area contributed by atoms with Gasteiger partial charge in [0, 0.05) is 25.3 Å². The zero-order chi connectivity index (χ0) is 20.3. The molecule has 3 heterocycles. The first kappa shape index (κ1) is 19.8. The molecule has 7 heteroatoms. The minimum Gasteiger partial charge on any atom is -0.381 e. The molecule has 0 radical (unpaired) electrons. The van der Waals surface area contributed by atoms with Gasteiger partial charge < -0.3 is 14.8 Å². The van der Waals surface area contributed by atoms with E-state index in [-0.39, 0.29) is 30.4 Å². The Labute approximate surface area is 170 Å². The van der Waals surface area contributed by atoms with E-state index in [4.69, 9.17) is 9.47 Å². The van der Waals surface area contributed by atoms with Crippen LogP contribution in [0.1, 0.15) is 51.9 Å². The first-order chi connectivity index (χ1) is 14.1. The molecule has 0 aliphatic carbocycles. The number of ketones is 1. The Balaban J connectivity index is 1.53. The zero-order valence-electron chi connectivity index (χ0n) is 16.8. The third-order valence-electron chi connectivity index (χ3n) is 5.95. The van der Waals surface area contributed by atoms with Gasteiger partial charge in [0.05, 0.1) is 17.0 Å². The predicted molar refractivity (Wildman–Crippen MR) is 107 cm³/mol. The van der Waals surface area contributed by atoms with Crippen LogP contribution in [-0.2, 0) is 29.0 Å². The predicted octanol–water partition coefficient (Wildman–Crippen LogP) is 2.39. The number of ether oxygens (including phenoxy) is 2. The van der Waals surface area contributed by atoms with E-state index in [9.17, 15) is 9.59 Å². The molecule has 2 aliphatic rings. The Morgan fingerprint density at radius 3 is 2.76 bits per heavy atom. The van der Waals surface area contributed by atoms with Crippen molar-refractivity contribution in [2.24, 2.45) is 5.41 Å². The zero-order valence-corrected chi connectivity index (χ0v) is 16.8. The number of nitrogens with zero attached hydrogens (tertiary/aromatic N) is 2. The number of carbonyl (C=O) groups excluding carboxylic acids is 2. The van der Waals surface area contributed by atoms with Crippen molar-refractivity contribution in [2.45, 2.75) is 39.3 Å². The highest BCUT2D eigenvalue weighted by atomic mass is 16.5. The Hall–Kier alpha value is -2.51. The van der Waals surface area contributed by atoms with E-state index >= 15 is 0 Å². The number of carbonyl (C=O) groups is 2. The summed E-state index contributed by atoms with van der Waals surface area (Å²) in [5, 5.41) is 7.74. The van der Waals surface area contributed by atoms with E-state index < -0.39 is 0 Å². The molecular weight excluding hydrogens is 370 g/mol. The van der Waals surface area contributed by atoms with Gasteiger partial charge in [0.2, 0.25) is 0 Å². The normalized spacial score (nSPS) is 18.2. The largest absolute Gasteiger partial charge is 0.381 e. The van der Waals surface area contributed by atoms with Crippen molar-refractivity contribution in [3.05, 3.63) is 52.8 Å². The van der Waals surface area contributed by atoms with E-state index in [1.807, 2.05) is 25.1 Å². The summed E-state index contributed by atoms with van der Waals surface area (Å²) in [5.41, 5.74) is 2.97. The van der Waals surface area contributed by atoms with Gasteiger partial charge in [0.1, 0.15) is 13.3 Å². The topological polar surface area (TPSA) is 82.5 Å². The summed E-state index contributed by atoms with van der Waals surface area (Å²) in [6.07, 6.45) is 3.24. The van der Waals surface area contributed by atoms with Crippen LogP contribution in [0.4, 0.5) is 0 Å². The van der Waals surface area contributed by atoms with Gasteiger partial charge in [-0.25, -0.2) is 4.68 Å². The van der Waals surface area contributed by atoms with Crippen molar-refractivity contribution in [1.29, 1.82) is 0 Å². The molecule has 0 saturated carbocycles. The molecule has 154 valence electrons. The van der Waals surface area contributed by atoms with Crippen LogP contribution in [0.3, 0.4) is 0 Å². The summed E-state index contributed by atoms with van der Waals surface area (Å²) in [6.45, 7) is 4.20. The van der Waals surface area contributed by atoms with Gasteiger partial charge in [0.15, 0.2) is 5.78 Å². The molecule has 1 fully saturated rings. The summed E-state index contributed by atoms with van der Waals surface area (Å²) in [6, 6.07) is 9.10. The monoisotopic (exact) mass is 397 g/mol. The molecule has 1 aromatic heterocycles. The van der Waals surface area contributed by atoms with Crippen LogP contribution >= 0.6 is 0 Å². The lowest BCUT2D eigenvalue weighted by Crippen LogP contribution is -2.40. The Kier molecular flexibility index (Phi) is 5.78. The van der Waals surface area contributed by atoms with Gasteiger partial charge in [-0.15, -0.1) is 0 Å². The van der Waals surface area contributed by atoms with E-state index in [0.717, 1.165) is 30.7 Å². The second-order valence-electron chi connectivity index (χ2n) is 7.86. The number of fused-ring (bicyclic) bond motifs is 1. The average molecular weight is 397 g/mol. The summed E-state index contributed by atoms with van der Waals surface area (Å²) in [5.74, 6) is -0.134. The van der Waals surface area contributed by atoms with Gasteiger partial charge in [-0.05, 0) is 31.1 Å². The maximum atomic E-state index is 12.8. The molecule has 0 unspecified atom stereocenters. The number of aromatic nitrogens is 2. The average Bonchev–Trinajstić information content (AvgIpc) is 3.03. The number of benzene rings is 1. The molecule has 0 bridgehead atoms. The molecule has 7 nitrogen and oxygen atoms in total. The van der Waals surface area contributed by atoms with Crippen LogP contribution in [0.25, 0.3) is 0 Å². The highest BCUT2D eigenvalue weighted by Crippen LogP contribution is 2.37. The smallest absolute Gasteiger partial charge is 0.255 e. The number of nitrogens with one attached hydrogen (secondary N) is 1. The summed E-state index contributed by atoms with van der Waals surface area (Å²) < 4.78 is 13.0. The second-order valence-corrected chi connectivity index (χ2v) is 7.86. The molecule has 29 heavy (non-hydrogen) atoms. The Bertz CT molecular complexity index is 885. The van der Waals surface area contributed by atoms with E-state index in [1.165, 1.54) is 0 Å². The fourth-order valence-corrected chi connectivity index (χ4v) is 4.21. The maximum Gasteiger partial charge on any atom is 0.255 e. The van der Waals surface area contributed by atoms with Crippen LogP contribution in [0.15, 0.2) is 30.3 Å². The fourth-order valence-electron chi connectivity index (χ4n) is 4.21. The second kappa shape index (κ2) is 8.47. The summed E-state index contributed by atoms with van der Waals surface area (Å²) >= 11 is 0. The highest BCUT2D eigenvalue weighted by molar-refractivity contribution is 5.97. The lowest BCUT2D eigenvalue weighted by Gasteiger charge is -2.36. The highest BCUT2D eigenvalue weighted by Gasteiger charge is 2.39. The number of hydrogen-bond donors (Lipinski definition) is 1. The molecule has 0 atom stereocenters. The third-order valence-corrected chi connectivity index (χ3v) is 5.95. The van der Waals surface area contributed by atoms with E-state index in [1.54, 1.807) is 16.8 Å². The molecule has 1 amide bonds. The van der Waals surface area contributed by atoms with E-state index in [0.29, 0.717) is 37.3 Å². The molecule has 2 aliphatic heterocycles. The van der Waals surface area contributed by atoms with E-state index in [2.05, 4.69) is 10.4 Å². The number of rotatable bonds is 6. The van der Waals surface area contributed by atoms with Crippen LogP contribution in [0.5, 0.6) is 0 Å². The Morgan fingerprint density at radius 2 is 2.03 bits per heavy atom. The van der Waals surface area contributed by atoms with Crippen molar-refractivity contribution in [3.63, 3.8) is 0 Å². The SMILES string of the molecule is CCc1nn(COCC(=O)c2ccccc2)c2c1C(=O)NCC1(CCOCC1)C2. The molecule has 2 aromatic rings. The van der Waals surface area contributed by atoms with Gasteiger partial charge in [0.25, 0.3) is 5.91 Å². The molecule has 1 N–H and O–H groups in total. The van der Waals surface area contributed by atoms with Gasteiger partial charge >= 0.3 is 0 Å². The number of aryl methyl sites for hydroxylation is 1. The van der Waals surface area contributed by atoms with Crippen molar-refractivity contribution in [3.8, 4) is 0 Å². The van der Waals surface area contributed by atoms with Crippen LogP contribution in [-0.4, -0.2) is 47.8 Å². The van der Waals surface area contributed by atoms with Crippen molar-refractivity contribution >= 4 is 11.7 Å². The third kappa shape index (κ3) is 4.11. The Morgan fingerprint density at radius 1 is 1.28 bits per heavy atom. The van der Waals surface area contributed by atoms with Crippen molar-refractivity contribution in [1.82, 2.24) is 15.1 Å². The molecule has 4 rings (SSSR count). The molecule has 1 saturated heterocycles. The van der Waals surface area contributed by atoms with Crippen molar-refractivity contribution < 1.29 is 19.1 Å². The van der Waals surface area contributed by atoms with Gasteiger partial charge in [-0.1, -0.05) is 37.3 Å². The summed E-state index contributed by atoms with van der Waals surface area (Å²) in [7, 11) is 0. The van der Waals surface area contributed by atoms with Crippen molar-refractivity contribution in [2.75, 3.05) is 26.4 Å². The van der Waals surface area contributed by atoms with Gasteiger partial charge in [-0.2, -0.15) is 5.10 Å². The van der Waals surface area contributed by atoms with Gasteiger partial charge in [-0.3, -0.25) is 9.59 Å². The number of amides is 1. The summed E-state index contributed by atoms with van der Waals surface area (Å²) in [4.78, 5) is 25.1. The van der Waals surface area contributed by atoms with Crippen LogP contribution in [0, 0.1) is 5.41 Å². The van der Waals surface area contributed by atoms with Crippen LogP contribution in [0.2, 0.25) is 0 Å². The lowest BCUT2D eigenvalue weighted by atomic mass is 9.76. The molecule has 1 spiro atoms. The number of hydrogen-bond acceptors (Lipinski definition) is 5. The fraction of sp³-hybridized carbons (Fsp3) is 0.500. The maximum absolute atomic E-state index is 12.8. The quantitative estimate of drug-likeness (QED) is 0.757. The molecule has 1 aromatic carbocycles. The lowest BCUT2D eigenvalue weighted by molar-refractivity contribution is 0.0135. The van der Waals surface area contributed by atoms with Crippen LogP contribution < -0.4 is 5.32 Å². The first-order valence-corrected chi connectivity index (χ1v) is 10.2. The number of Topliss-reactive ketones (excluding diaryl/α,β-unsaturated/α-hetero) is 1. The minimum absolute atomic E-state index is 0.0121. The minimum atomic E-state index is -0.0711. The first-order valence-electron chi connectivity index (χ1n) is 10.2.